The van der Waals surface area contributed by atoms with Gasteiger partial charge in [-0.1, -0.05) is 24.3 Å². The van der Waals surface area contributed by atoms with Crippen molar-refractivity contribution < 1.29 is 9.53 Å². The van der Waals surface area contributed by atoms with Crippen LogP contribution in [0.4, 0.5) is 0 Å². The molecule has 0 saturated heterocycles. The third-order valence-corrected chi connectivity index (χ3v) is 5.30. The Morgan fingerprint density at radius 1 is 1.17 bits per heavy atom. The minimum absolute atomic E-state index is 0.0389. The van der Waals surface area contributed by atoms with Crippen LogP contribution in [0.2, 0.25) is 0 Å². The minimum atomic E-state index is -0.394. The smallest absolute Gasteiger partial charge is 0.354 e. The molecule has 0 atom stereocenters. The van der Waals surface area contributed by atoms with E-state index in [4.69, 9.17) is 16.2 Å². The SMILES string of the molecule is CCOc1cccc(-c2cc3cn(-c4ccc(CNC(=O)CCN=C(N)N)cc4)c(=O)nc3[nH]2)c1. The lowest BCUT2D eigenvalue weighted by atomic mass is 10.1. The molecule has 1 amide bonds. The molecule has 0 bridgehead atoms. The number of aromatic amines is 1. The molecule has 10 heteroatoms. The Balaban J connectivity index is 1.49. The topological polar surface area (TPSA) is 153 Å². The maximum Gasteiger partial charge on any atom is 0.354 e. The van der Waals surface area contributed by atoms with Gasteiger partial charge < -0.3 is 26.5 Å². The largest absolute Gasteiger partial charge is 0.494 e. The first-order valence-electron chi connectivity index (χ1n) is 11.2. The zero-order chi connectivity index (χ0) is 24.8. The van der Waals surface area contributed by atoms with Crippen molar-refractivity contribution in [2.45, 2.75) is 19.9 Å². The van der Waals surface area contributed by atoms with Crippen molar-refractivity contribution in [3.63, 3.8) is 0 Å². The first kappa shape index (κ1) is 23.6. The van der Waals surface area contributed by atoms with Crippen LogP contribution in [-0.4, -0.2) is 39.6 Å². The van der Waals surface area contributed by atoms with Gasteiger partial charge in [0.15, 0.2) is 5.96 Å². The lowest BCUT2D eigenvalue weighted by molar-refractivity contribution is -0.121. The summed E-state index contributed by atoms with van der Waals surface area (Å²) in [6, 6.07) is 17.0. The van der Waals surface area contributed by atoms with E-state index in [-0.39, 0.29) is 24.8 Å². The fourth-order valence-corrected chi connectivity index (χ4v) is 3.60. The van der Waals surface area contributed by atoms with Crippen molar-refractivity contribution in [1.82, 2.24) is 19.9 Å². The molecule has 2 aromatic carbocycles. The number of rotatable bonds is 9. The summed E-state index contributed by atoms with van der Waals surface area (Å²) in [7, 11) is 0. The monoisotopic (exact) mass is 473 g/mol. The van der Waals surface area contributed by atoms with Gasteiger partial charge in [0, 0.05) is 35.8 Å². The highest BCUT2D eigenvalue weighted by Crippen LogP contribution is 2.26. The number of H-pyrrole nitrogens is 1. The molecule has 10 nitrogen and oxygen atoms in total. The van der Waals surface area contributed by atoms with Gasteiger partial charge in [-0.25, -0.2) is 4.79 Å². The molecule has 0 aliphatic heterocycles. The molecule has 2 heterocycles. The first-order valence-corrected chi connectivity index (χ1v) is 11.2. The van der Waals surface area contributed by atoms with Crippen molar-refractivity contribution >= 4 is 22.9 Å². The van der Waals surface area contributed by atoms with Crippen LogP contribution in [0.3, 0.4) is 0 Å². The van der Waals surface area contributed by atoms with Gasteiger partial charge >= 0.3 is 5.69 Å². The van der Waals surface area contributed by atoms with E-state index in [1.54, 1.807) is 6.20 Å². The number of hydrogen-bond donors (Lipinski definition) is 4. The van der Waals surface area contributed by atoms with E-state index in [0.717, 1.165) is 28.0 Å². The molecule has 0 aliphatic carbocycles. The number of guanidine groups is 1. The zero-order valence-corrected chi connectivity index (χ0v) is 19.3. The number of carbonyl (C=O) groups excluding carboxylic acids is 1. The number of nitrogens with one attached hydrogen (secondary N) is 2. The molecule has 0 fully saturated rings. The highest BCUT2D eigenvalue weighted by atomic mass is 16.5. The van der Waals surface area contributed by atoms with Crippen LogP contribution in [0.15, 0.2) is 70.6 Å². The molecular weight excluding hydrogens is 446 g/mol. The van der Waals surface area contributed by atoms with Crippen LogP contribution >= 0.6 is 0 Å². The fraction of sp³-hybridized carbons (Fsp3) is 0.200. The van der Waals surface area contributed by atoms with Crippen LogP contribution in [0.25, 0.3) is 28.0 Å². The number of carbonyl (C=O) groups is 1. The molecule has 4 aromatic rings. The quantitative estimate of drug-likeness (QED) is 0.216. The number of aliphatic imine (C=N–C) groups is 1. The second kappa shape index (κ2) is 10.6. The maximum atomic E-state index is 12.7. The average molecular weight is 474 g/mol. The van der Waals surface area contributed by atoms with Gasteiger partial charge in [-0.2, -0.15) is 4.98 Å². The van der Waals surface area contributed by atoms with E-state index >= 15 is 0 Å². The van der Waals surface area contributed by atoms with Crippen LogP contribution < -0.4 is 27.2 Å². The van der Waals surface area contributed by atoms with Gasteiger partial charge in [0.1, 0.15) is 11.4 Å². The Morgan fingerprint density at radius 3 is 2.71 bits per heavy atom. The van der Waals surface area contributed by atoms with E-state index in [1.807, 2.05) is 61.5 Å². The molecule has 0 aliphatic rings. The Hall–Kier alpha value is -4.60. The molecule has 0 unspecified atom stereocenters. The Kier molecular flexibility index (Phi) is 7.10. The van der Waals surface area contributed by atoms with Gasteiger partial charge in [0.05, 0.1) is 18.8 Å². The molecule has 6 N–H and O–H groups in total. The summed E-state index contributed by atoms with van der Waals surface area (Å²) < 4.78 is 7.08. The molecule has 0 saturated carbocycles. The number of amides is 1. The van der Waals surface area contributed by atoms with Crippen LogP contribution in [-0.2, 0) is 11.3 Å². The molecule has 2 aromatic heterocycles. The predicted octanol–water partition coefficient (Wildman–Crippen LogP) is 2.06. The lowest BCUT2D eigenvalue weighted by Crippen LogP contribution is -2.26. The number of fused-ring (bicyclic) bond motifs is 1. The molecule has 0 radical (unpaired) electrons. The van der Waals surface area contributed by atoms with Crippen LogP contribution in [0.1, 0.15) is 18.9 Å². The van der Waals surface area contributed by atoms with Crippen molar-refractivity contribution in [3.05, 3.63) is 76.8 Å². The Bertz CT molecular complexity index is 1420. The number of nitrogens with two attached hydrogens (primary N) is 2. The summed E-state index contributed by atoms with van der Waals surface area (Å²) in [5.41, 5.74) is 14.0. The minimum Gasteiger partial charge on any atom is -0.494 e. The maximum absolute atomic E-state index is 12.7. The summed E-state index contributed by atoms with van der Waals surface area (Å²) in [6.07, 6.45) is 1.96. The summed E-state index contributed by atoms with van der Waals surface area (Å²) in [4.78, 5) is 35.8. The van der Waals surface area contributed by atoms with Crippen molar-refractivity contribution in [3.8, 4) is 22.7 Å². The number of ether oxygens (including phenoxy) is 1. The van der Waals surface area contributed by atoms with Crippen molar-refractivity contribution in [2.75, 3.05) is 13.2 Å². The Morgan fingerprint density at radius 2 is 1.97 bits per heavy atom. The fourth-order valence-electron chi connectivity index (χ4n) is 3.60. The van der Waals surface area contributed by atoms with Gasteiger partial charge in [0.25, 0.3) is 0 Å². The first-order chi connectivity index (χ1) is 16.9. The number of nitrogens with zero attached hydrogens (tertiary/aromatic N) is 3. The second-order valence-corrected chi connectivity index (χ2v) is 7.84. The number of hydrogen-bond acceptors (Lipinski definition) is 5. The average Bonchev–Trinajstić information content (AvgIpc) is 3.26. The summed E-state index contributed by atoms with van der Waals surface area (Å²) >= 11 is 0. The Labute approximate surface area is 201 Å². The summed E-state index contributed by atoms with van der Waals surface area (Å²) in [5.74, 6) is 0.587. The second-order valence-electron chi connectivity index (χ2n) is 7.84. The highest BCUT2D eigenvalue weighted by molar-refractivity contribution is 5.82. The normalized spacial score (nSPS) is 10.8. The molecule has 35 heavy (non-hydrogen) atoms. The van der Waals surface area contributed by atoms with Gasteiger partial charge in [-0.05, 0) is 42.8 Å². The number of benzene rings is 2. The highest BCUT2D eigenvalue weighted by Gasteiger charge is 2.10. The van der Waals surface area contributed by atoms with Crippen molar-refractivity contribution in [2.24, 2.45) is 16.5 Å². The van der Waals surface area contributed by atoms with E-state index in [1.165, 1.54) is 4.57 Å². The molecule has 180 valence electrons. The standard InChI is InChI=1S/C25H27N7O3/c1-2-35-20-5-3-4-17(12-20)21-13-18-15-32(25(34)31-23(18)30-21)19-8-6-16(7-9-19)14-29-22(33)10-11-28-24(26)27/h3-9,12-13,15H,2,10-11,14H2,1H3,(H,29,33)(H4,26,27,28)(H,30,31,34). The zero-order valence-electron chi connectivity index (χ0n) is 19.3. The number of aromatic nitrogens is 3. The van der Waals surface area contributed by atoms with E-state index in [9.17, 15) is 9.59 Å². The third-order valence-electron chi connectivity index (χ3n) is 5.30. The molecular formula is C25H27N7O3. The third kappa shape index (κ3) is 5.85. The summed E-state index contributed by atoms with van der Waals surface area (Å²) in [6.45, 7) is 3.12. The van der Waals surface area contributed by atoms with Gasteiger partial charge in [0.2, 0.25) is 5.91 Å². The van der Waals surface area contributed by atoms with E-state index in [2.05, 4.69) is 20.3 Å². The molecule has 0 spiro atoms. The lowest BCUT2D eigenvalue weighted by Gasteiger charge is -2.08. The van der Waals surface area contributed by atoms with E-state index < -0.39 is 5.69 Å². The van der Waals surface area contributed by atoms with Crippen molar-refractivity contribution in [1.29, 1.82) is 0 Å². The summed E-state index contributed by atoms with van der Waals surface area (Å²) in [5, 5.41) is 3.62. The molecule has 4 rings (SSSR count). The van der Waals surface area contributed by atoms with Gasteiger partial charge in [-0.15, -0.1) is 0 Å². The predicted molar refractivity (Wildman–Crippen MR) is 135 cm³/mol. The van der Waals surface area contributed by atoms with Gasteiger partial charge in [-0.3, -0.25) is 14.4 Å². The van der Waals surface area contributed by atoms with Crippen LogP contribution in [0.5, 0.6) is 5.75 Å². The van der Waals surface area contributed by atoms with Crippen LogP contribution in [0, 0.1) is 0 Å². The van der Waals surface area contributed by atoms with E-state index in [0.29, 0.717) is 24.5 Å².